The van der Waals surface area contributed by atoms with E-state index in [4.69, 9.17) is 21.1 Å². The number of aliphatic hydroxyl groups excluding tert-OH is 1. The van der Waals surface area contributed by atoms with Gasteiger partial charge in [0.15, 0.2) is 0 Å². The minimum atomic E-state index is -4.16. The second-order valence-corrected chi connectivity index (χ2v) is 15.3. The largest absolute Gasteiger partial charge is 0.490 e. The average Bonchev–Trinajstić information content (AvgIpc) is 3.49. The van der Waals surface area contributed by atoms with Gasteiger partial charge in [0.1, 0.15) is 5.75 Å². The molecule has 6 rings (SSSR count). The van der Waals surface area contributed by atoms with E-state index in [1.165, 1.54) is 21.5 Å². The number of rotatable bonds is 11. The third-order valence-electron chi connectivity index (χ3n) is 10.2. The van der Waals surface area contributed by atoms with Crippen LogP contribution < -0.4 is 14.4 Å². The number of aryl methyl sites for hydroxylation is 1. The molecule has 4 aliphatic rings. The van der Waals surface area contributed by atoms with Crippen molar-refractivity contribution in [1.82, 2.24) is 9.03 Å². The molecule has 5 atom stereocenters. The van der Waals surface area contributed by atoms with Crippen molar-refractivity contribution >= 4 is 33.4 Å². The summed E-state index contributed by atoms with van der Waals surface area (Å²) in [6.07, 6.45) is 8.75. The van der Waals surface area contributed by atoms with Crippen molar-refractivity contribution in [3.05, 3.63) is 83.4 Å². The number of hydrogen-bond donors (Lipinski definition) is 2. The molecule has 1 spiro atoms. The quantitative estimate of drug-likeness (QED) is 0.323. The summed E-state index contributed by atoms with van der Waals surface area (Å²) in [5.74, 6) is 0.260. The molecule has 2 heterocycles. The number of nitrogens with zero attached hydrogens (tertiary/aromatic N) is 2. The van der Waals surface area contributed by atoms with Gasteiger partial charge in [0.25, 0.3) is 5.91 Å². The van der Waals surface area contributed by atoms with Crippen molar-refractivity contribution in [3.8, 4) is 5.75 Å². The van der Waals surface area contributed by atoms with Crippen LogP contribution in [0.1, 0.15) is 60.0 Å². The molecule has 11 heteroatoms. The first-order valence-electron chi connectivity index (χ1n) is 16.3. The highest BCUT2D eigenvalue weighted by Gasteiger charge is 2.44. The van der Waals surface area contributed by atoms with Gasteiger partial charge in [0.2, 0.25) is 0 Å². The van der Waals surface area contributed by atoms with E-state index >= 15 is 0 Å². The van der Waals surface area contributed by atoms with E-state index < -0.39 is 22.2 Å². The summed E-state index contributed by atoms with van der Waals surface area (Å²) in [7, 11) is -4.16. The Labute approximate surface area is 277 Å². The van der Waals surface area contributed by atoms with Crippen LogP contribution in [0.3, 0.4) is 0 Å². The average molecular weight is 670 g/mol. The molecule has 2 N–H and O–H groups in total. The smallest absolute Gasteiger partial charge is 0.304 e. The number of carbonyl (C=O) groups excluding carboxylic acids is 1. The third-order valence-corrected chi connectivity index (χ3v) is 11.9. The van der Waals surface area contributed by atoms with Crippen LogP contribution in [-0.4, -0.2) is 75.3 Å². The van der Waals surface area contributed by atoms with E-state index in [-0.39, 0.29) is 42.0 Å². The Morgan fingerprint density at radius 1 is 1.20 bits per heavy atom. The summed E-state index contributed by atoms with van der Waals surface area (Å²) in [4.78, 5) is 15.8. The summed E-state index contributed by atoms with van der Waals surface area (Å²) in [5, 5.41) is 11.3. The minimum absolute atomic E-state index is 0.0577. The van der Waals surface area contributed by atoms with E-state index in [2.05, 4.69) is 34.9 Å². The minimum Gasteiger partial charge on any atom is -0.490 e. The van der Waals surface area contributed by atoms with Crippen LogP contribution in [0.15, 0.2) is 61.7 Å². The van der Waals surface area contributed by atoms with Crippen molar-refractivity contribution in [3.63, 3.8) is 0 Å². The zero-order chi connectivity index (χ0) is 32.5. The van der Waals surface area contributed by atoms with E-state index in [0.29, 0.717) is 37.1 Å². The van der Waals surface area contributed by atoms with Gasteiger partial charge in [-0.1, -0.05) is 29.8 Å². The molecular weight excluding hydrogens is 626 g/mol. The van der Waals surface area contributed by atoms with Gasteiger partial charge in [-0.25, -0.2) is 4.72 Å². The number of benzene rings is 2. The molecule has 2 aliphatic heterocycles. The lowest BCUT2D eigenvalue weighted by Gasteiger charge is -2.45. The van der Waals surface area contributed by atoms with Gasteiger partial charge in [0, 0.05) is 48.8 Å². The molecule has 248 valence electrons. The van der Waals surface area contributed by atoms with E-state index in [1.54, 1.807) is 24.3 Å². The van der Waals surface area contributed by atoms with E-state index in [0.717, 1.165) is 50.6 Å². The number of aliphatic hydroxyl groups is 1. The van der Waals surface area contributed by atoms with Crippen molar-refractivity contribution < 1.29 is 27.8 Å². The van der Waals surface area contributed by atoms with Crippen LogP contribution >= 0.6 is 11.6 Å². The molecule has 1 saturated heterocycles. The molecule has 1 saturated carbocycles. The molecule has 2 aromatic carbocycles. The Bertz CT molecular complexity index is 1580. The number of halogens is 1. The first kappa shape index (κ1) is 33.0. The highest BCUT2D eigenvalue weighted by Crippen LogP contribution is 2.46. The Kier molecular flexibility index (Phi) is 9.83. The summed E-state index contributed by atoms with van der Waals surface area (Å²) < 4.78 is 42.4. The van der Waals surface area contributed by atoms with Gasteiger partial charge >= 0.3 is 10.2 Å². The monoisotopic (exact) mass is 669 g/mol. The number of amides is 1. The Balaban J connectivity index is 1.30. The zero-order valence-corrected chi connectivity index (χ0v) is 27.8. The number of carbonyl (C=O) groups is 1. The maximum absolute atomic E-state index is 13.6. The number of nitrogens with one attached hydrogen (secondary N) is 1. The Morgan fingerprint density at radius 2 is 2.04 bits per heavy atom. The molecule has 2 aromatic rings. The molecule has 2 fully saturated rings. The maximum atomic E-state index is 13.6. The molecular formula is C35H44ClN3O6S. The van der Waals surface area contributed by atoms with Crippen molar-refractivity contribution in [1.29, 1.82) is 0 Å². The van der Waals surface area contributed by atoms with Crippen LogP contribution in [0.5, 0.6) is 5.75 Å². The second kappa shape index (κ2) is 13.7. The van der Waals surface area contributed by atoms with E-state index in [1.807, 2.05) is 6.07 Å². The lowest BCUT2D eigenvalue weighted by atomic mass is 9.68. The number of anilines is 1. The first-order valence-corrected chi connectivity index (χ1v) is 18.1. The van der Waals surface area contributed by atoms with Crippen LogP contribution in [0.2, 0.25) is 5.02 Å². The molecule has 0 radical (unpaired) electrons. The van der Waals surface area contributed by atoms with Gasteiger partial charge < -0.3 is 19.5 Å². The standard InChI is InChI=1S/C35H44ClN3O6S/c1-3-16-39(21-28-8-6-17-44-28)46(42,43)37-34(41)25-10-14-33-31(19-25)38(20-26-9-12-29(26)32(40)4-2)22-35(23-45-33)15-5-7-24-18-27(36)11-13-30(24)35/h3-4,10-11,13-14,18-19,26,28-29,32,40H,1-2,5-9,12,15-17,20-23H2,(H,37,41)/t26-,28+,29+,32-,35-/m0/s1. The summed E-state index contributed by atoms with van der Waals surface area (Å²) in [6.45, 7) is 10.1. The fourth-order valence-corrected chi connectivity index (χ4v) is 9.00. The topological polar surface area (TPSA) is 108 Å². The number of hydrogen-bond acceptors (Lipinski definition) is 7. The predicted octanol–water partition coefficient (Wildman–Crippen LogP) is 5.03. The van der Waals surface area contributed by atoms with Gasteiger partial charge in [-0.15, -0.1) is 13.2 Å². The third kappa shape index (κ3) is 6.73. The molecule has 0 aromatic heterocycles. The zero-order valence-electron chi connectivity index (χ0n) is 26.2. The number of ether oxygens (including phenoxy) is 2. The van der Waals surface area contributed by atoms with Crippen LogP contribution in [0.25, 0.3) is 0 Å². The van der Waals surface area contributed by atoms with Gasteiger partial charge in [-0.2, -0.15) is 12.7 Å². The highest BCUT2D eigenvalue weighted by atomic mass is 35.5. The van der Waals surface area contributed by atoms with Gasteiger partial charge in [0.05, 0.1) is 24.5 Å². The first-order chi connectivity index (χ1) is 22.1. The van der Waals surface area contributed by atoms with Crippen molar-refractivity contribution in [2.45, 2.75) is 62.6 Å². The van der Waals surface area contributed by atoms with Gasteiger partial charge in [-0.3, -0.25) is 4.79 Å². The maximum Gasteiger partial charge on any atom is 0.304 e. The molecule has 2 aliphatic carbocycles. The van der Waals surface area contributed by atoms with E-state index in [9.17, 15) is 18.3 Å². The Hall–Kier alpha value is -2.89. The normalized spacial score (nSPS) is 26.3. The van der Waals surface area contributed by atoms with Crippen LogP contribution in [-0.2, 0) is 26.8 Å². The lowest BCUT2D eigenvalue weighted by molar-refractivity contribution is 0.0460. The van der Waals surface area contributed by atoms with Crippen molar-refractivity contribution in [2.75, 3.05) is 44.3 Å². The summed E-state index contributed by atoms with van der Waals surface area (Å²) in [6, 6.07) is 11.2. The fraction of sp³-hybridized carbons (Fsp3) is 0.514. The van der Waals surface area contributed by atoms with Crippen molar-refractivity contribution in [2.24, 2.45) is 11.8 Å². The van der Waals surface area contributed by atoms with Gasteiger partial charge in [-0.05, 0) is 98.2 Å². The fourth-order valence-electron chi connectivity index (χ4n) is 7.66. The molecule has 1 amide bonds. The van der Waals surface area contributed by atoms with Crippen LogP contribution in [0.4, 0.5) is 5.69 Å². The molecule has 0 bridgehead atoms. The SMILES string of the molecule is C=CCN(C[C@H]1CCCO1)S(=O)(=O)NC(=O)c1ccc2c(c1)N(C[C@@H]1CC[C@H]1[C@@H](O)C=C)C[C@@]1(CCCc3cc(Cl)ccc31)CO2. The molecule has 46 heavy (non-hydrogen) atoms. The second-order valence-electron chi connectivity index (χ2n) is 13.2. The highest BCUT2D eigenvalue weighted by molar-refractivity contribution is 7.87. The molecule has 0 unspecified atom stereocenters. The molecule has 9 nitrogen and oxygen atoms in total. The summed E-state index contributed by atoms with van der Waals surface area (Å²) >= 11 is 6.40. The number of fused-ring (bicyclic) bond motifs is 3. The van der Waals surface area contributed by atoms with Crippen LogP contribution in [0, 0.1) is 11.8 Å². The Morgan fingerprint density at radius 3 is 2.76 bits per heavy atom. The predicted molar refractivity (Wildman–Crippen MR) is 180 cm³/mol. The lowest BCUT2D eigenvalue weighted by Crippen LogP contribution is -2.49. The summed E-state index contributed by atoms with van der Waals surface area (Å²) in [5.41, 5.74) is 3.12.